The molecule has 7 heteroatoms. The summed E-state index contributed by atoms with van der Waals surface area (Å²) in [5.74, 6) is 0. The second-order valence-electron chi connectivity index (χ2n) is 3.88. The molecule has 2 rings (SSSR count). The summed E-state index contributed by atoms with van der Waals surface area (Å²) < 4.78 is 24.4. The van der Waals surface area contributed by atoms with Crippen molar-refractivity contribution in [1.82, 2.24) is 4.89 Å². The van der Waals surface area contributed by atoms with Crippen LogP contribution in [0.5, 0.6) is 0 Å². The van der Waals surface area contributed by atoms with Gasteiger partial charge in [-0.25, -0.2) is 8.42 Å². The normalized spacial score (nSPS) is 11.7. The zero-order chi connectivity index (χ0) is 13.9. The number of halogens is 1. The molecule has 1 aromatic carbocycles. The van der Waals surface area contributed by atoms with Gasteiger partial charge in [-0.05, 0) is 24.1 Å². The van der Waals surface area contributed by atoms with E-state index in [1.807, 2.05) is 30.3 Å². The largest absolute Gasteiger partial charge is 0.282 e. The van der Waals surface area contributed by atoms with Crippen LogP contribution in [0.4, 0.5) is 0 Å². The average molecular weight is 318 g/mol. The summed E-state index contributed by atoms with van der Waals surface area (Å²) in [5.41, 5.74) is 1.61. The van der Waals surface area contributed by atoms with Crippen molar-refractivity contribution in [3.63, 3.8) is 0 Å². The fourth-order valence-electron chi connectivity index (χ4n) is 1.37. The lowest BCUT2D eigenvalue weighted by Crippen LogP contribution is -2.23. The molecule has 0 amide bonds. The summed E-state index contributed by atoms with van der Waals surface area (Å²) in [5, 5.41) is 0. The first-order chi connectivity index (χ1) is 8.99. The highest BCUT2D eigenvalue weighted by Gasteiger charge is 2.18. The lowest BCUT2D eigenvalue weighted by molar-refractivity contribution is 0.0797. The highest BCUT2D eigenvalue weighted by molar-refractivity contribution is 7.91. The molecule has 0 atom stereocenters. The van der Waals surface area contributed by atoms with Crippen LogP contribution in [0.15, 0.2) is 40.6 Å². The van der Waals surface area contributed by atoms with E-state index >= 15 is 0 Å². The van der Waals surface area contributed by atoms with Crippen molar-refractivity contribution in [1.29, 1.82) is 0 Å². The van der Waals surface area contributed by atoms with Crippen LogP contribution in [0, 0.1) is 6.92 Å². The number of thiophene rings is 1. The van der Waals surface area contributed by atoms with Crippen LogP contribution < -0.4 is 4.89 Å². The first kappa shape index (κ1) is 14.5. The number of benzene rings is 1. The molecule has 19 heavy (non-hydrogen) atoms. The van der Waals surface area contributed by atoms with E-state index in [9.17, 15) is 8.42 Å². The molecule has 0 spiro atoms. The van der Waals surface area contributed by atoms with Gasteiger partial charge in [0.15, 0.2) is 0 Å². The number of sulfonamides is 1. The summed E-state index contributed by atoms with van der Waals surface area (Å²) in [4.78, 5) is 7.10. The van der Waals surface area contributed by atoms with Gasteiger partial charge in [0, 0.05) is 0 Å². The van der Waals surface area contributed by atoms with E-state index in [4.69, 9.17) is 16.4 Å². The van der Waals surface area contributed by atoms with Gasteiger partial charge in [-0.15, -0.1) is 11.3 Å². The molecule has 1 heterocycles. The van der Waals surface area contributed by atoms with Crippen molar-refractivity contribution in [3.8, 4) is 0 Å². The highest BCUT2D eigenvalue weighted by atomic mass is 35.5. The molecule has 0 fully saturated rings. The maximum Gasteiger partial charge on any atom is 0.272 e. The molecule has 2 aromatic rings. The van der Waals surface area contributed by atoms with Gasteiger partial charge in [0.2, 0.25) is 0 Å². The summed E-state index contributed by atoms with van der Waals surface area (Å²) in [6.45, 7) is 1.92. The van der Waals surface area contributed by atoms with Gasteiger partial charge in [0.1, 0.15) is 4.21 Å². The van der Waals surface area contributed by atoms with E-state index in [2.05, 4.69) is 4.89 Å². The fraction of sp³-hybridized carbons (Fsp3) is 0.167. The smallest absolute Gasteiger partial charge is 0.272 e. The Kier molecular flexibility index (Phi) is 4.59. The van der Waals surface area contributed by atoms with E-state index in [0.29, 0.717) is 4.34 Å². The van der Waals surface area contributed by atoms with Gasteiger partial charge in [-0.1, -0.05) is 46.8 Å². The minimum atomic E-state index is -3.67. The molecule has 0 radical (unpaired) electrons. The van der Waals surface area contributed by atoms with Crippen LogP contribution in [0.25, 0.3) is 0 Å². The number of aryl methyl sites for hydroxylation is 1. The molecule has 0 saturated heterocycles. The minimum absolute atomic E-state index is 0.142. The van der Waals surface area contributed by atoms with Crippen molar-refractivity contribution < 1.29 is 13.3 Å². The third kappa shape index (κ3) is 3.77. The standard InChI is InChI=1S/C12H12ClNO3S2/c1-9-7-11(18-12(9)13)19(15,16)14-17-8-10-5-3-2-4-6-10/h2-7,14H,8H2,1H3. The molecule has 4 nitrogen and oxygen atoms in total. The second-order valence-corrected chi connectivity index (χ2v) is 7.41. The van der Waals surface area contributed by atoms with Crippen molar-refractivity contribution >= 4 is 33.0 Å². The predicted molar refractivity (Wildman–Crippen MR) is 75.6 cm³/mol. The number of hydrogen-bond donors (Lipinski definition) is 1. The van der Waals surface area contributed by atoms with Crippen LogP contribution >= 0.6 is 22.9 Å². The molecule has 102 valence electrons. The molecular formula is C12H12ClNO3S2. The van der Waals surface area contributed by atoms with E-state index < -0.39 is 10.0 Å². The van der Waals surface area contributed by atoms with Gasteiger partial charge in [0.05, 0.1) is 10.9 Å². The Morgan fingerprint density at radius 3 is 2.58 bits per heavy atom. The summed E-state index contributed by atoms with van der Waals surface area (Å²) >= 11 is 6.85. The third-order valence-corrected chi connectivity index (χ3v) is 5.59. The van der Waals surface area contributed by atoms with Crippen molar-refractivity contribution in [2.45, 2.75) is 17.7 Å². The van der Waals surface area contributed by atoms with Gasteiger partial charge in [0.25, 0.3) is 10.0 Å². The van der Waals surface area contributed by atoms with E-state index in [-0.39, 0.29) is 10.8 Å². The Bertz CT molecular complexity index is 633. The maximum absolute atomic E-state index is 11.9. The summed E-state index contributed by atoms with van der Waals surface area (Å²) in [6.07, 6.45) is 0. The Labute approximate surface area is 121 Å². The molecule has 1 N–H and O–H groups in total. The van der Waals surface area contributed by atoms with Crippen LogP contribution in [-0.4, -0.2) is 8.42 Å². The summed E-state index contributed by atoms with van der Waals surface area (Å²) in [6, 6.07) is 10.8. The zero-order valence-electron chi connectivity index (χ0n) is 10.1. The van der Waals surface area contributed by atoms with Crippen LogP contribution in [-0.2, 0) is 21.5 Å². The molecular weight excluding hydrogens is 306 g/mol. The third-order valence-electron chi connectivity index (χ3n) is 2.35. The topological polar surface area (TPSA) is 55.4 Å². The molecule has 0 aliphatic carbocycles. The highest BCUT2D eigenvalue weighted by Crippen LogP contribution is 2.29. The average Bonchev–Trinajstić information content (AvgIpc) is 2.72. The van der Waals surface area contributed by atoms with E-state index in [1.165, 1.54) is 6.07 Å². The molecule has 0 unspecified atom stereocenters. The lowest BCUT2D eigenvalue weighted by atomic mass is 10.2. The molecule has 0 saturated carbocycles. The number of nitrogens with one attached hydrogen (secondary N) is 1. The molecule has 0 bridgehead atoms. The fourth-order valence-corrected chi connectivity index (χ4v) is 3.86. The van der Waals surface area contributed by atoms with Crippen molar-refractivity contribution in [2.24, 2.45) is 0 Å². The number of hydrogen-bond acceptors (Lipinski definition) is 4. The Balaban J connectivity index is 1.99. The van der Waals surface area contributed by atoms with Crippen molar-refractivity contribution in [2.75, 3.05) is 0 Å². The maximum atomic E-state index is 11.9. The minimum Gasteiger partial charge on any atom is -0.282 e. The monoisotopic (exact) mass is 317 g/mol. The van der Waals surface area contributed by atoms with Crippen LogP contribution in [0.3, 0.4) is 0 Å². The van der Waals surface area contributed by atoms with E-state index in [1.54, 1.807) is 6.92 Å². The Morgan fingerprint density at radius 2 is 2.00 bits per heavy atom. The first-order valence-electron chi connectivity index (χ1n) is 5.42. The van der Waals surface area contributed by atoms with Crippen LogP contribution in [0.1, 0.15) is 11.1 Å². The van der Waals surface area contributed by atoms with Gasteiger partial charge < -0.3 is 0 Å². The molecule has 0 aliphatic heterocycles. The van der Waals surface area contributed by atoms with Gasteiger partial charge in [-0.2, -0.15) is 0 Å². The second kappa shape index (κ2) is 6.02. The van der Waals surface area contributed by atoms with Crippen LogP contribution in [0.2, 0.25) is 4.34 Å². The Morgan fingerprint density at radius 1 is 1.32 bits per heavy atom. The zero-order valence-corrected chi connectivity index (χ0v) is 12.5. The predicted octanol–water partition coefficient (Wildman–Crippen LogP) is 3.12. The van der Waals surface area contributed by atoms with E-state index in [0.717, 1.165) is 22.5 Å². The Hall–Kier alpha value is -0.920. The summed E-state index contributed by atoms with van der Waals surface area (Å²) in [7, 11) is -3.67. The first-order valence-corrected chi connectivity index (χ1v) is 8.10. The van der Waals surface area contributed by atoms with Gasteiger partial charge in [-0.3, -0.25) is 4.84 Å². The quantitative estimate of drug-likeness (QED) is 0.862. The number of rotatable bonds is 5. The van der Waals surface area contributed by atoms with Crippen molar-refractivity contribution in [3.05, 3.63) is 51.9 Å². The SMILES string of the molecule is Cc1cc(S(=O)(=O)NOCc2ccccc2)sc1Cl. The lowest BCUT2D eigenvalue weighted by Gasteiger charge is -2.05. The van der Waals surface area contributed by atoms with Gasteiger partial charge >= 0.3 is 0 Å². The molecule has 1 aromatic heterocycles. The molecule has 0 aliphatic rings.